The van der Waals surface area contributed by atoms with Crippen molar-refractivity contribution in [1.29, 1.82) is 5.26 Å². The summed E-state index contributed by atoms with van der Waals surface area (Å²) in [5.74, 6) is 0. The number of alkyl halides is 3. The minimum absolute atomic E-state index is 0.271. The predicted octanol–water partition coefficient (Wildman–Crippen LogP) is 3.16. The highest BCUT2D eigenvalue weighted by molar-refractivity contribution is 8.13. The van der Waals surface area contributed by atoms with Crippen LogP contribution in [0.4, 0.5) is 13.2 Å². The minimum atomic E-state index is -4.90. The Morgan fingerprint density at radius 2 is 1.82 bits per heavy atom. The molecular weight excluding hydrogens is 302 g/mol. The maximum atomic E-state index is 12.5. The van der Waals surface area contributed by atoms with Gasteiger partial charge in [-0.25, -0.2) is 8.42 Å². The summed E-state index contributed by atoms with van der Waals surface area (Å²) >= 11 is 5.40. The Morgan fingerprint density at radius 3 is 2.18 bits per heavy atom. The Morgan fingerprint density at radius 1 is 1.29 bits per heavy atom. The van der Waals surface area contributed by atoms with E-state index in [4.69, 9.17) is 27.5 Å². The predicted molar refractivity (Wildman–Crippen MR) is 54.2 cm³/mol. The highest BCUT2D eigenvalue weighted by Crippen LogP contribution is 2.37. The number of halogens is 5. The zero-order valence-corrected chi connectivity index (χ0v) is 10.0. The standard InChI is InChI=1S/C8H2Cl2F3NO2S/c9-7-2-4(17(10,15)16)1-6(5(7)3-14)8(11,12)13/h1-2H. The molecule has 0 saturated heterocycles. The Balaban J connectivity index is 3.70. The van der Waals surface area contributed by atoms with E-state index in [2.05, 4.69) is 0 Å². The molecule has 92 valence electrons. The first-order valence-corrected chi connectivity index (χ1v) is 6.51. The lowest BCUT2D eigenvalue weighted by molar-refractivity contribution is -0.137. The third kappa shape index (κ3) is 3.03. The van der Waals surface area contributed by atoms with E-state index in [0.29, 0.717) is 6.07 Å². The van der Waals surface area contributed by atoms with Crippen molar-refractivity contribution in [2.24, 2.45) is 0 Å². The van der Waals surface area contributed by atoms with Gasteiger partial charge in [-0.15, -0.1) is 0 Å². The van der Waals surface area contributed by atoms with Gasteiger partial charge in [-0.05, 0) is 12.1 Å². The normalized spacial score (nSPS) is 12.2. The molecule has 0 spiro atoms. The molecule has 0 aliphatic carbocycles. The maximum Gasteiger partial charge on any atom is 0.417 e. The van der Waals surface area contributed by atoms with E-state index in [1.54, 1.807) is 0 Å². The topological polar surface area (TPSA) is 57.9 Å². The molecule has 0 bridgehead atoms. The van der Waals surface area contributed by atoms with Crippen LogP contribution in [0.2, 0.25) is 5.02 Å². The number of nitriles is 1. The fourth-order valence-electron chi connectivity index (χ4n) is 1.06. The van der Waals surface area contributed by atoms with Crippen LogP contribution in [0.1, 0.15) is 11.1 Å². The average molecular weight is 304 g/mol. The summed E-state index contributed by atoms with van der Waals surface area (Å²) in [6.07, 6.45) is -4.90. The van der Waals surface area contributed by atoms with Crippen LogP contribution in [-0.2, 0) is 15.2 Å². The van der Waals surface area contributed by atoms with Crippen LogP contribution < -0.4 is 0 Å². The van der Waals surface area contributed by atoms with E-state index in [1.165, 1.54) is 6.07 Å². The first-order chi connectivity index (χ1) is 7.57. The van der Waals surface area contributed by atoms with Gasteiger partial charge in [-0.1, -0.05) is 11.6 Å². The fourth-order valence-corrected chi connectivity index (χ4v) is 2.17. The van der Waals surface area contributed by atoms with Gasteiger partial charge in [0.25, 0.3) is 9.05 Å². The number of hydrogen-bond acceptors (Lipinski definition) is 3. The van der Waals surface area contributed by atoms with E-state index in [9.17, 15) is 21.6 Å². The minimum Gasteiger partial charge on any atom is -0.207 e. The van der Waals surface area contributed by atoms with Crippen LogP contribution in [0.5, 0.6) is 0 Å². The Hall–Kier alpha value is -0.970. The van der Waals surface area contributed by atoms with Crippen molar-refractivity contribution >= 4 is 31.3 Å². The van der Waals surface area contributed by atoms with Crippen molar-refractivity contribution in [2.75, 3.05) is 0 Å². The molecule has 1 aromatic carbocycles. The molecule has 9 heteroatoms. The van der Waals surface area contributed by atoms with E-state index < -0.39 is 36.3 Å². The lowest BCUT2D eigenvalue weighted by atomic mass is 10.1. The fraction of sp³-hybridized carbons (Fsp3) is 0.125. The molecule has 0 amide bonds. The van der Waals surface area contributed by atoms with E-state index >= 15 is 0 Å². The van der Waals surface area contributed by atoms with Gasteiger partial charge >= 0.3 is 6.18 Å². The number of rotatable bonds is 1. The van der Waals surface area contributed by atoms with Crippen LogP contribution in [0.3, 0.4) is 0 Å². The highest BCUT2D eigenvalue weighted by atomic mass is 35.7. The SMILES string of the molecule is N#Cc1c(Cl)cc(S(=O)(=O)Cl)cc1C(F)(F)F. The van der Waals surface area contributed by atoms with E-state index in [-0.39, 0.29) is 6.07 Å². The van der Waals surface area contributed by atoms with Gasteiger partial charge in [0.2, 0.25) is 0 Å². The second-order valence-electron chi connectivity index (χ2n) is 2.88. The summed E-state index contributed by atoms with van der Waals surface area (Å²) in [5.41, 5.74) is -2.28. The molecule has 17 heavy (non-hydrogen) atoms. The summed E-state index contributed by atoms with van der Waals surface area (Å²) in [6.45, 7) is 0. The van der Waals surface area contributed by atoms with Gasteiger partial charge in [0.05, 0.1) is 21.0 Å². The number of nitrogens with zero attached hydrogens (tertiary/aromatic N) is 1. The van der Waals surface area contributed by atoms with Crippen molar-refractivity contribution in [3.8, 4) is 6.07 Å². The summed E-state index contributed by atoms with van der Waals surface area (Å²) in [5, 5.41) is 7.92. The molecule has 0 radical (unpaired) electrons. The van der Waals surface area contributed by atoms with Crippen LogP contribution >= 0.6 is 22.3 Å². The second kappa shape index (κ2) is 4.37. The van der Waals surface area contributed by atoms with E-state index in [0.717, 1.165) is 0 Å². The maximum absolute atomic E-state index is 12.5. The molecule has 0 aromatic heterocycles. The third-order valence-electron chi connectivity index (χ3n) is 1.76. The van der Waals surface area contributed by atoms with Crippen LogP contribution in [-0.4, -0.2) is 8.42 Å². The quantitative estimate of drug-likeness (QED) is 0.749. The zero-order chi connectivity index (χ0) is 13.4. The van der Waals surface area contributed by atoms with Gasteiger partial charge in [0.15, 0.2) is 0 Å². The monoisotopic (exact) mass is 303 g/mol. The largest absolute Gasteiger partial charge is 0.417 e. The number of benzene rings is 1. The lowest BCUT2D eigenvalue weighted by Crippen LogP contribution is -2.09. The van der Waals surface area contributed by atoms with Gasteiger partial charge in [0, 0.05) is 10.7 Å². The molecule has 1 rings (SSSR count). The molecule has 3 nitrogen and oxygen atoms in total. The lowest BCUT2D eigenvalue weighted by Gasteiger charge is -2.10. The first-order valence-electron chi connectivity index (χ1n) is 3.83. The second-order valence-corrected chi connectivity index (χ2v) is 5.85. The third-order valence-corrected chi connectivity index (χ3v) is 3.39. The van der Waals surface area contributed by atoms with Crippen LogP contribution in [0.15, 0.2) is 17.0 Å². The Kier molecular flexibility index (Phi) is 3.62. The molecule has 0 heterocycles. The van der Waals surface area contributed by atoms with Crippen molar-refractivity contribution < 1.29 is 21.6 Å². The molecule has 0 atom stereocenters. The molecule has 0 unspecified atom stereocenters. The van der Waals surface area contributed by atoms with Gasteiger partial charge in [-0.2, -0.15) is 18.4 Å². The molecule has 0 N–H and O–H groups in total. The zero-order valence-electron chi connectivity index (χ0n) is 7.72. The molecule has 0 aliphatic rings. The summed E-state index contributed by atoms with van der Waals surface area (Å²) in [6, 6.07) is 2.22. The smallest absolute Gasteiger partial charge is 0.207 e. The van der Waals surface area contributed by atoms with E-state index in [1.807, 2.05) is 0 Å². The molecular formula is C8H2Cl2F3NO2S. The molecule has 0 aliphatic heterocycles. The van der Waals surface area contributed by atoms with Gasteiger partial charge in [-0.3, -0.25) is 0 Å². The summed E-state index contributed by atoms with van der Waals surface area (Å²) in [4.78, 5) is -0.810. The molecule has 1 aromatic rings. The molecule has 0 fully saturated rings. The number of hydrogen-bond donors (Lipinski definition) is 0. The van der Waals surface area contributed by atoms with Crippen molar-refractivity contribution in [1.82, 2.24) is 0 Å². The van der Waals surface area contributed by atoms with Crippen molar-refractivity contribution in [2.45, 2.75) is 11.1 Å². The van der Waals surface area contributed by atoms with Crippen molar-refractivity contribution in [3.05, 3.63) is 28.3 Å². The average Bonchev–Trinajstić information content (AvgIpc) is 2.13. The van der Waals surface area contributed by atoms with Crippen LogP contribution in [0.25, 0.3) is 0 Å². The summed E-state index contributed by atoms with van der Waals surface area (Å²) in [7, 11) is 0.557. The first kappa shape index (κ1) is 14.1. The summed E-state index contributed by atoms with van der Waals surface area (Å²) < 4.78 is 59.4. The van der Waals surface area contributed by atoms with Crippen LogP contribution in [0, 0.1) is 11.3 Å². The molecule has 0 saturated carbocycles. The van der Waals surface area contributed by atoms with Gasteiger partial charge in [0.1, 0.15) is 6.07 Å². The van der Waals surface area contributed by atoms with Crippen molar-refractivity contribution in [3.63, 3.8) is 0 Å². The highest BCUT2D eigenvalue weighted by Gasteiger charge is 2.36. The Bertz CT molecular complexity index is 604. The van der Waals surface area contributed by atoms with Gasteiger partial charge < -0.3 is 0 Å². The Labute approximate surface area is 104 Å².